The summed E-state index contributed by atoms with van der Waals surface area (Å²) in [7, 11) is 0. The van der Waals surface area contributed by atoms with E-state index in [2.05, 4.69) is 9.97 Å². The largest absolute Gasteiger partial charge is 0.449 e. The van der Waals surface area contributed by atoms with Crippen LogP contribution in [0.5, 0.6) is 0 Å². The van der Waals surface area contributed by atoms with Gasteiger partial charge >= 0.3 is 6.18 Å². The highest BCUT2D eigenvalue weighted by atomic mass is 32.1. The molecule has 0 radical (unpaired) electrons. The zero-order valence-electron chi connectivity index (χ0n) is 12.1. The predicted octanol–water partition coefficient (Wildman–Crippen LogP) is 4.68. The summed E-state index contributed by atoms with van der Waals surface area (Å²) in [6, 6.07) is 6.62. The highest BCUT2D eigenvalue weighted by molar-refractivity contribution is 7.09. The molecule has 1 aromatic carbocycles. The van der Waals surface area contributed by atoms with Crippen LogP contribution in [0.2, 0.25) is 0 Å². The Morgan fingerprint density at radius 1 is 1.18 bits per heavy atom. The fraction of sp³-hybridized carbons (Fsp3) is 0.333. The SMILES string of the molecule is CC(C)c1nc(Cn2c(C(F)(F)F)nc3ccccc32)cs1. The average Bonchev–Trinajstić information content (AvgIpc) is 3.04. The van der Waals surface area contributed by atoms with Crippen molar-refractivity contribution >= 4 is 22.4 Å². The van der Waals surface area contributed by atoms with Crippen molar-refractivity contribution < 1.29 is 13.2 Å². The zero-order valence-corrected chi connectivity index (χ0v) is 12.9. The van der Waals surface area contributed by atoms with Crippen molar-refractivity contribution in [1.82, 2.24) is 14.5 Å². The molecular weight excluding hydrogens is 311 g/mol. The van der Waals surface area contributed by atoms with Gasteiger partial charge in [-0.2, -0.15) is 13.2 Å². The minimum atomic E-state index is -4.49. The van der Waals surface area contributed by atoms with Crippen molar-refractivity contribution in [2.75, 3.05) is 0 Å². The van der Waals surface area contributed by atoms with Gasteiger partial charge in [-0.1, -0.05) is 26.0 Å². The average molecular weight is 325 g/mol. The lowest BCUT2D eigenvalue weighted by atomic mass is 10.2. The number of fused-ring (bicyclic) bond motifs is 1. The van der Waals surface area contributed by atoms with Crippen LogP contribution >= 0.6 is 11.3 Å². The van der Waals surface area contributed by atoms with E-state index in [4.69, 9.17) is 0 Å². The van der Waals surface area contributed by atoms with E-state index in [1.807, 2.05) is 19.2 Å². The van der Waals surface area contributed by atoms with Crippen molar-refractivity contribution in [2.45, 2.75) is 32.5 Å². The summed E-state index contributed by atoms with van der Waals surface area (Å²) < 4.78 is 40.9. The molecule has 2 heterocycles. The van der Waals surface area contributed by atoms with Gasteiger partial charge in [0.05, 0.1) is 28.3 Å². The van der Waals surface area contributed by atoms with Gasteiger partial charge in [0, 0.05) is 11.3 Å². The van der Waals surface area contributed by atoms with E-state index in [0.717, 1.165) is 5.01 Å². The summed E-state index contributed by atoms with van der Waals surface area (Å²) in [5.41, 5.74) is 1.44. The molecule has 0 aliphatic carbocycles. The Hall–Kier alpha value is -1.89. The van der Waals surface area contributed by atoms with E-state index in [1.54, 1.807) is 24.3 Å². The molecule has 0 spiro atoms. The minimum absolute atomic E-state index is 0.0680. The number of alkyl halides is 3. The van der Waals surface area contributed by atoms with Crippen LogP contribution in [0.1, 0.15) is 36.3 Å². The van der Waals surface area contributed by atoms with Crippen molar-refractivity contribution in [1.29, 1.82) is 0 Å². The van der Waals surface area contributed by atoms with Crippen molar-refractivity contribution in [3.8, 4) is 0 Å². The Bertz CT molecular complexity index is 802. The molecule has 0 bridgehead atoms. The van der Waals surface area contributed by atoms with E-state index in [0.29, 0.717) is 16.7 Å². The van der Waals surface area contributed by atoms with Crippen molar-refractivity contribution in [3.05, 3.63) is 46.2 Å². The van der Waals surface area contributed by atoms with Gasteiger partial charge in [-0.25, -0.2) is 9.97 Å². The molecule has 7 heteroatoms. The quantitative estimate of drug-likeness (QED) is 0.700. The van der Waals surface area contributed by atoms with Crippen LogP contribution in [-0.2, 0) is 12.7 Å². The van der Waals surface area contributed by atoms with Crippen LogP contribution in [0.4, 0.5) is 13.2 Å². The van der Waals surface area contributed by atoms with Gasteiger partial charge in [0.25, 0.3) is 0 Å². The Labute approximate surface area is 129 Å². The number of thiazole rings is 1. The van der Waals surface area contributed by atoms with Crippen LogP contribution in [0.3, 0.4) is 0 Å². The molecule has 2 aromatic heterocycles. The third-order valence-corrected chi connectivity index (χ3v) is 4.49. The second-order valence-corrected chi connectivity index (χ2v) is 6.23. The number of nitrogens with zero attached hydrogens (tertiary/aromatic N) is 3. The second-order valence-electron chi connectivity index (χ2n) is 5.34. The van der Waals surface area contributed by atoms with E-state index >= 15 is 0 Å². The van der Waals surface area contributed by atoms with Crippen LogP contribution in [0, 0.1) is 0 Å². The molecular formula is C15H14F3N3S. The molecule has 0 aliphatic rings. The molecule has 0 fully saturated rings. The molecule has 0 amide bonds. The lowest BCUT2D eigenvalue weighted by Gasteiger charge is -2.10. The summed E-state index contributed by atoms with van der Waals surface area (Å²) in [5, 5.41) is 2.73. The summed E-state index contributed by atoms with van der Waals surface area (Å²) in [6.45, 7) is 4.09. The van der Waals surface area contributed by atoms with Gasteiger partial charge in [0.1, 0.15) is 0 Å². The number of rotatable bonds is 3. The van der Waals surface area contributed by atoms with E-state index in [9.17, 15) is 13.2 Å². The van der Waals surface area contributed by atoms with Gasteiger partial charge in [-0.05, 0) is 12.1 Å². The molecule has 116 valence electrons. The molecule has 0 aliphatic heterocycles. The lowest BCUT2D eigenvalue weighted by Crippen LogP contribution is -2.15. The smallest absolute Gasteiger partial charge is 0.314 e. The topological polar surface area (TPSA) is 30.7 Å². The fourth-order valence-electron chi connectivity index (χ4n) is 2.27. The number of benzene rings is 1. The number of halogens is 3. The third-order valence-electron chi connectivity index (χ3n) is 3.29. The van der Waals surface area contributed by atoms with Gasteiger partial charge in [0.15, 0.2) is 0 Å². The summed E-state index contributed by atoms with van der Waals surface area (Å²) >= 11 is 1.47. The Balaban J connectivity index is 2.08. The zero-order chi connectivity index (χ0) is 15.9. The molecule has 0 atom stereocenters. The van der Waals surface area contributed by atoms with E-state index < -0.39 is 12.0 Å². The number of hydrogen-bond donors (Lipinski definition) is 0. The first-order valence-corrected chi connectivity index (χ1v) is 7.71. The van der Waals surface area contributed by atoms with Gasteiger partial charge < -0.3 is 4.57 Å². The molecule has 3 rings (SSSR count). The van der Waals surface area contributed by atoms with Crippen LogP contribution in [0.25, 0.3) is 11.0 Å². The van der Waals surface area contributed by atoms with Crippen LogP contribution in [-0.4, -0.2) is 14.5 Å². The van der Waals surface area contributed by atoms with Gasteiger partial charge in [-0.15, -0.1) is 11.3 Å². The highest BCUT2D eigenvalue weighted by Gasteiger charge is 2.37. The number of para-hydroxylation sites is 2. The fourth-order valence-corrected chi connectivity index (χ4v) is 3.10. The molecule has 0 saturated heterocycles. The predicted molar refractivity (Wildman–Crippen MR) is 80.0 cm³/mol. The van der Waals surface area contributed by atoms with Gasteiger partial charge in [-0.3, -0.25) is 0 Å². The van der Waals surface area contributed by atoms with Gasteiger partial charge in [0.2, 0.25) is 5.82 Å². The molecule has 3 aromatic rings. The lowest BCUT2D eigenvalue weighted by molar-refractivity contribution is -0.146. The third kappa shape index (κ3) is 2.72. The normalized spacial score (nSPS) is 12.5. The van der Waals surface area contributed by atoms with E-state index in [-0.39, 0.29) is 12.5 Å². The van der Waals surface area contributed by atoms with E-state index in [1.165, 1.54) is 15.9 Å². The second kappa shape index (κ2) is 5.39. The summed E-state index contributed by atoms with van der Waals surface area (Å²) in [5.74, 6) is -0.617. The number of aromatic nitrogens is 3. The van der Waals surface area contributed by atoms with Crippen molar-refractivity contribution in [3.63, 3.8) is 0 Å². The molecule has 3 nitrogen and oxygen atoms in total. The Morgan fingerprint density at radius 2 is 1.91 bits per heavy atom. The number of hydrogen-bond acceptors (Lipinski definition) is 3. The summed E-state index contributed by atoms with van der Waals surface area (Å²) in [6.07, 6.45) is -4.49. The maximum atomic E-state index is 13.2. The first-order chi connectivity index (χ1) is 10.4. The minimum Gasteiger partial charge on any atom is -0.314 e. The molecule has 22 heavy (non-hydrogen) atoms. The molecule has 0 N–H and O–H groups in total. The Kier molecular flexibility index (Phi) is 3.68. The van der Waals surface area contributed by atoms with Crippen LogP contribution in [0.15, 0.2) is 29.6 Å². The maximum Gasteiger partial charge on any atom is 0.449 e. The first kappa shape index (κ1) is 15.0. The highest BCUT2D eigenvalue weighted by Crippen LogP contribution is 2.32. The molecule has 0 unspecified atom stereocenters. The maximum absolute atomic E-state index is 13.2. The standard InChI is InChI=1S/C15H14F3N3S/c1-9(2)13-19-10(8-22-13)7-21-12-6-4-3-5-11(12)20-14(21)15(16,17)18/h3-6,8-9H,7H2,1-2H3. The first-order valence-electron chi connectivity index (χ1n) is 6.83. The van der Waals surface area contributed by atoms with Crippen LogP contribution < -0.4 is 0 Å². The van der Waals surface area contributed by atoms with Crippen molar-refractivity contribution in [2.24, 2.45) is 0 Å². The summed E-state index contributed by atoms with van der Waals surface area (Å²) in [4.78, 5) is 8.15. The Morgan fingerprint density at radius 3 is 2.55 bits per heavy atom. The number of imidazole rings is 1. The monoisotopic (exact) mass is 325 g/mol. The molecule has 0 saturated carbocycles.